The molecule has 0 fully saturated rings. The van der Waals surface area contributed by atoms with Gasteiger partial charge in [-0.15, -0.1) is 11.6 Å². The van der Waals surface area contributed by atoms with Crippen LogP contribution in [0, 0.1) is 11.3 Å². The van der Waals surface area contributed by atoms with Crippen molar-refractivity contribution in [2.24, 2.45) is 0 Å². The lowest BCUT2D eigenvalue weighted by Crippen LogP contribution is -2.09. The Kier molecular flexibility index (Phi) is 4.35. The number of hydrogen-bond acceptors (Lipinski definition) is 3. The van der Waals surface area contributed by atoms with Crippen molar-refractivity contribution in [2.45, 2.75) is 18.7 Å². The predicted molar refractivity (Wildman–Crippen MR) is 54.8 cm³/mol. The average molecular weight is 261 g/mol. The van der Waals surface area contributed by atoms with E-state index in [-0.39, 0.29) is 22.7 Å². The molecule has 1 aromatic rings. The first-order chi connectivity index (χ1) is 7.99. The Morgan fingerprint density at radius 3 is 2.71 bits per heavy atom. The maximum atomic E-state index is 12.6. The summed E-state index contributed by atoms with van der Waals surface area (Å²) in [4.78, 5) is 14.1. The van der Waals surface area contributed by atoms with E-state index in [4.69, 9.17) is 22.0 Å². The summed E-state index contributed by atoms with van der Waals surface area (Å²) >= 11 is 5.55. The number of aliphatic carboxylic acids is 1. The van der Waals surface area contributed by atoms with Gasteiger partial charge >= 0.3 is 5.97 Å². The molecule has 0 aliphatic carbocycles. The molecular formula is C10H7ClF2N2O2. The highest BCUT2D eigenvalue weighted by Crippen LogP contribution is 2.24. The van der Waals surface area contributed by atoms with Gasteiger partial charge in [0.2, 0.25) is 0 Å². The monoisotopic (exact) mass is 260 g/mol. The van der Waals surface area contributed by atoms with Gasteiger partial charge in [0.15, 0.2) is 0 Å². The van der Waals surface area contributed by atoms with Gasteiger partial charge in [-0.05, 0) is 11.6 Å². The number of nitriles is 1. The standard InChI is InChI=1S/C10H7ClF2N2O2/c11-3-5-1-6(4-14)9(10(12)13)15-7(5)2-8(16)17/h1,10H,2-3H2,(H,16,17). The number of carboxylic acid groups (broad SMARTS) is 1. The number of pyridine rings is 1. The minimum Gasteiger partial charge on any atom is -0.481 e. The molecule has 1 rings (SSSR count). The number of carboxylic acids is 1. The zero-order valence-electron chi connectivity index (χ0n) is 8.45. The summed E-state index contributed by atoms with van der Waals surface area (Å²) < 4.78 is 25.1. The van der Waals surface area contributed by atoms with Crippen molar-refractivity contribution in [1.82, 2.24) is 4.98 Å². The molecule has 0 aliphatic rings. The van der Waals surface area contributed by atoms with Crippen LogP contribution in [0.1, 0.15) is 28.9 Å². The number of carbonyl (C=O) groups is 1. The third-order valence-corrected chi connectivity index (χ3v) is 2.30. The average Bonchev–Trinajstić information content (AvgIpc) is 2.27. The summed E-state index contributed by atoms with van der Waals surface area (Å²) in [6, 6.07) is 2.74. The highest BCUT2D eigenvalue weighted by molar-refractivity contribution is 6.17. The lowest BCUT2D eigenvalue weighted by atomic mass is 10.1. The van der Waals surface area contributed by atoms with E-state index in [2.05, 4.69) is 4.98 Å². The second-order valence-corrected chi connectivity index (χ2v) is 3.41. The predicted octanol–water partition coefficient (Wildman–Crippen LogP) is 2.26. The number of hydrogen-bond donors (Lipinski definition) is 1. The van der Waals surface area contributed by atoms with Crippen LogP contribution in [0.25, 0.3) is 0 Å². The summed E-state index contributed by atoms with van der Waals surface area (Å²) in [6.07, 6.45) is -3.44. The smallest absolute Gasteiger partial charge is 0.309 e. The number of alkyl halides is 3. The maximum Gasteiger partial charge on any atom is 0.309 e. The van der Waals surface area contributed by atoms with Crippen LogP contribution in [0.5, 0.6) is 0 Å². The second kappa shape index (κ2) is 5.55. The molecule has 0 spiro atoms. The van der Waals surface area contributed by atoms with Gasteiger partial charge < -0.3 is 5.11 Å². The fraction of sp³-hybridized carbons (Fsp3) is 0.300. The number of aromatic nitrogens is 1. The quantitative estimate of drug-likeness (QED) is 0.843. The van der Waals surface area contributed by atoms with Crippen LogP contribution in [0.4, 0.5) is 8.78 Å². The van der Waals surface area contributed by atoms with Crippen molar-refractivity contribution >= 4 is 17.6 Å². The van der Waals surface area contributed by atoms with Gasteiger partial charge in [0.05, 0.1) is 17.7 Å². The SMILES string of the molecule is N#Cc1cc(CCl)c(CC(=O)O)nc1C(F)F. The molecule has 17 heavy (non-hydrogen) atoms. The highest BCUT2D eigenvalue weighted by atomic mass is 35.5. The molecule has 90 valence electrons. The molecular weight excluding hydrogens is 254 g/mol. The van der Waals surface area contributed by atoms with Gasteiger partial charge in [-0.1, -0.05) is 0 Å². The third-order valence-electron chi connectivity index (χ3n) is 2.01. The summed E-state index contributed by atoms with van der Waals surface area (Å²) in [5.74, 6) is -1.29. The Labute approximate surface area is 100 Å². The molecule has 0 aliphatic heterocycles. The first-order valence-corrected chi connectivity index (χ1v) is 5.01. The van der Waals surface area contributed by atoms with Crippen LogP contribution < -0.4 is 0 Å². The molecule has 7 heteroatoms. The van der Waals surface area contributed by atoms with Gasteiger partial charge in [-0.2, -0.15) is 5.26 Å². The summed E-state index contributed by atoms with van der Waals surface area (Å²) in [6.45, 7) is 0. The van der Waals surface area contributed by atoms with Gasteiger partial charge in [0.25, 0.3) is 6.43 Å². The lowest BCUT2D eigenvalue weighted by Gasteiger charge is -2.08. The Bertz CT molecular complexity index is 486. The Hall–Kier alpha value is -1.74. The summed E-state index contributed by atoms with van der Waals surface area (Å²) in [7, 11) is 0. The van der Waals surface area contributed by atoms with Crippen molar-refractivity contribution in [2.75, 3.05) is 0 Å². The number of halogens is 3. The normalized spacial score (nSPS) is 10.3. The second-order valence-electron chi connectivity index (χ2n) is 3.14. The lowest BCUT2D eigenvalue weighted by molar-refractivity contribution is -0.136. The molecule has 0 aromatic carbocycles. The number of nitrogens with zero attached hydrogens (tertiary/aromatic N) is 2. The molecule has 0 amide bonds. The zero-order chi connectivity index (χ0) is 13.0. The van der Waals surface area contributed by atoms with E-state index >= 15 is 0 Å². The van der Waals surface area contributed by atoms with E-state index in [0.717, 1.165) is 6.07 Å². The molecule has 0 saturated carbocycles. The van der Waals surface area contributed by atoms with Crippen molar-refractivity contribution < 1.29 is 18.7 Å². The molecule has 0 atom stereocenters. The van der Waals surface area contributed by atoms with Crippen LogP contribution in [0.2, 0.25) is 0 Å². The minimum atomic E-state index is -2.93. The summed E-state index contributed by atoms with van der Waals surface area (Å²) in [5.41, 5.74) is -0.765. The van der Waals surface area contributed by atoms with Gasteiger partial charge in [0, 0.05) is 5.88 Å². The molecule has 1 heterocycles. The first-order valence-electron chi connectivity index (χ1n) is 4.48. The summed E-state index contributed by atoms with van der Waals surface area (Å²) in [5, 5.41) is 17.3. The van der Waals surface area contributed by atoms with Gasteiger partial charge in [-0.25, -0.2) is 13.8 Å². The molecule has 1 N–H and O–H groups in total. The van der Waals surface area contributed by atoms with Crippen LogP contribution in [-0.4, -0.2) is 16.1 Å². The number of rotatable bonds is 4. The Morgan fingerprint density at radius 2 is 2.29 bits per heavy atom. The molecule has 0 unspecified atom stereocenters. The van der Waals surface area contributed by atoms with E-state index in [1.807, 2.05) is 0 Å². The molecule has 0 radical (unpaired) electrons. The minimum absolute atomic E-state index is 0.0400. The van der Waals surface area contributed by atoms with Crippen LogP contribution in [0.15, 0.2) is 6.07 Å². The Morgan fingerprint density at radius 1 is 1.65 bits per heavy atom. The van der Waals surface area contributed by atoms with E-state index in [9.17, 15) is 13.6 Å². The van der Waals surface area contributed by atoms with Crippen molar-refractivity contribution in [3.63, 3.8) is 0 Å². The van der Waals surface area contributed by atoms with Crippen molar-refractivity contribution in [3.05, 3.63) is 28.6 Å². The molecule has 4 nitrogen and oxygen atoms in total. The third kappa shape index (κ3) is 3.11. The van der Waals surface area contributed by atoms with E-state index in [1.165, 1.54) is 0 Å². The van der Waals surface area contributed by atoms with Crippen LogP contribution in [-0.2, 0) is 17.1 Å². The highest BCUT2D eigenvalue weighted by Gasteiger charge is 2.19. The molecule has 0 saturated heterocycles. The van der Waals surface area contributed by atoms with Crippen molar-refractivity contribution in [3.8, 4) is 6.07 Å². The van der Waals surface area contributed by atoms with Gasteiger partial charge in [-0.3, -0.25) is 4.79 Å². The first kappa shape index (κ1) is 13.3. The topological polar surface area (TPSA) is 74.0 Å². The molecule has 1 aromatic heterocycles. The van der Waals surface area contributed by atoms with E-state index in [0.29, 0.717) is 0 Å². The molecule has 0 bridgehead atoms. The fourth-order valence-corrected chi connectivity index (χ4v) is 1.51. The van der Waals surface area contributed by atoms with E-state index in [1.54, 1.807) is 6.07 Å². The van der Waals surface area contributed by atoms with Crippen LogP contribution in [0.3, 0.4) is 0 Å². The largest absolute Gasteiger partial charge is 0.481 e. The fourth-order valence-electron chi connectivity index (χ4n) is 1.28. The van der Waals surface area contributed by atoms with Crippen molar-refractivity contribution in [1.29, 1.82) is 5.26 Å². The maximum absolute atomic E-state index is 12.6. The van der Waals surface area contributed by atoms with Crippen LogP contribution >= 0.6 is 11.6 Å². The Balaban J connectivity index is 3.34. The van der Waals surface area contributed by atoms with E-state index < -0.39 is 24.5 Å². The zero-order valence-corrected chi connectivity index (χ0v) is 9.21. The van der Waals surface area contributed by atoms with Gasteiger partial charge in [0.1, 0.15) is 11.8 Å².